The highest BCUT2D eigenvalue weighted by Crippen LogP contribution is 2.27. The van der Waals surface area contributed by atoms with Crippen molar-refractivity contribution in [2.45, 2.75) is 13.8 Å². The van der Waals surface area contributed by atoms with Crippen molar-refractivity contribution < 1.29 is 4.92 Å². The van der Waals surface area contributed by atoms with Crippen LogP contribution in [0.3, 0.4) is 0 Å². The van der Waals surface area contributed by atoms with Gasteiger partial charge in [0.05, 0.1) is 15.6 Å². The molecule has 0 unspecified atom stereocenters. The molecule has 2 aromatic carbocycles. The molecule has 2 aromatic rings. The molecule has 7 heteroatoms. The lowest BCUT2D eigenvalue weighted by atomic mass is 10.1. The molecule has 0 aliphatic heterocycles. The van der Waals surface area contributed by atoms with E-state index >= 15 is 0 Å². The number of non-ortho nitro benzene ring substituents is 1. The Morgan fingerprint density at radius 2 is 1.77 bits per heavy atom. The Kier molecular flexibility index (Phi) is 4.95. The minimum atomic E-state index is -0.484. The second kappa shape index (κ2) is 6.72. The number of nitro benzene ring substituents is 1. The minimum absolute atomic E-state index is 0.0545. The summed E-state index contributed by atoms with van der Waals surface area (Å²) in [5.74, 6) is 0. The number of hydrogen-bond acceptors (Lipinski definition) is 3. The predicted molar refractivity (Wildman–Crippen MR) is 93.9 cm³/mol. The Labute approximate surface area is 138 Å². The third kappa shape index (κ3) is 4.16. The molecule has 0 fully saturated rings. The Bertz CT molecular complexity index is 729. The molecular formula is C15H14ClN3O2S. The molecule has 0 bridgehead atoms. The number of nitro groups is 1. The van der Waals surface area contributed by atoms with Crippen LogP contribution < -0.4 is 10.6 Å². The molecule has 0 aliphatic carbocycles. The van der Waals surface area contributed by atoms with Gasteiger partial charge < -0.3 is 10.6 Å². The van der Waals surface area contributed by atoms with E-state index in [0.29, 0.717) is 15.8 Å². The van der Waals surface area contributed by atoms with E-state index < -0.39 is 4.92 Å². The van der Waals surface area contributed by atoms with E-state index in [2.05, 4.69) is 16.7 Å². The van der Waals surface area contributed by atoms with Crippen molar-refractivity contribution >= 4 is 46.0 Å². The zero-order valence-corrected chi connectivity index (χ0v) is 13.6. The van der Waals surface area contributed by atoms with E-state index in [-0.39, 0.29) is 5.69 Å². The van der Waals surface area contributed by atoms with Gasteiger partial charge in [-0.1, -0.05) is 17.7 Å². The maximum Gasteiger partial charge on any atom is 0.271 e. The van der Waals surface area contributed by atoms with Gasteiger partial charge in [0.15, 0.2) is 5.11 Å². The summed E-state index contributed by atoms with van der Waals surface area (Å²) in [5.41, 5.74) is 3.40. The molecule has 0 saturated carbocycles. The number of halogens is 1. The van der Waals surface area contributed by atoms with E-state index in [4.69, 9.17) is 23.8 Å². The number of hydrogen-bond donors (Lipinski definition) is 2. The van der Waals surface area contributed by atoms with Crippen molar-refractivity contribution in [2.75, 3.05) is 10.6 Å². The van der Waals surface area contributed by atoms with E-state index in [0.717, 1.165) is 16.8 Å². The smallest absolute Gasteiger partial charge is 0.271 e. The summed E-state index contributed by atoms with van der Waals surface area (Å²) < 4.78 is 0. The van der Waals surface area contributed by atoms with Crippen LogP contribution in [0.25, 0.3) is 0 Å². The van der Waals surface area contributed by atoms with Crippen LogP contribution in [-0.2, 0) is 0 Å². The predicted octanol–water partition coefficient (Wildman–Crippen LogP) is 4.67. The Morgan fingerprint density at radius 1 is 1.14 bits per heavy atom. The van der Waals surface area contributed by atoms with Gasteiger partial charge in [0.2, 0.25) is 0 Å². The maximum atomic E-state index is 10.8. The van der Waals surface area contributed by atoms with E-state index in [1.54, 1.807) is 0 Å². The summed E-state index contributed by atoms with van der Waals surface area (Å²) in [6, 6.07) is 10.1. The molecule has 0 saturated heterocycles. The van der Waals surface area contributed by atoms with Crippen LogP contribution in [0.15, 0.2) is 36.4 Å². The summed E-state index contributed by atoms with van der Waals surface area (Å²) in [5, 5.41) is 17.4. The van der Waals surface area contributed by atoms with Crippen LogP contribution in [0.1, 0.15) is 11.1 Å². The molecule has 0 amide bonds. The Morgan fingerprint density at radius 3 is 2.36 bits per heavy atom. The fraction of sp³-hybridized carbons (Fsp3) is 0.133. The SMILES string of the molecule is Cc1cc(C)cc(NC(=S)Nc2cc([N+](=O)[O-])ccc2Cl)c1. The summed E-state index contributed by atoms with van der Waals surface area (Å²) in [6.45, 7) is 3.98. The van der Waals surface area contributed by atoms with Crippen molar-refractivity contribution in [1.29, 1.82) is 0 Å². The van der Waals surface area contributed by atoms with Gasteiger partial charge in [-0.25, -0.2) is 0 Å². The lowest BCUT2D eigenvalue weighted by molar-refractivity contribution is -0.384. The van der Waals surface area contributed by atoms with Crippen LogP contribution >= 0.6 is 23.8 Å². The summed E-state index contributed by atoms with van der Waals surface area (Å²) in [4.78, 5) is 10.3. The van der Waals surface area contributed by atoms with Gasteiger partial charge in [-0.15, -0.1) is 0 Å². The Hall–Kier alpha value is -2.18. The molecule has 2 rings (SSSR count). The first-order valence-electron chi connectivity index (χ1n) is 6.45. The van der Waals surface area contributed by atoms with Gasteiger partial charge in [0, 0.05) is 17.8 Å². The second-order valence-corrected chi connectivity index (χ2v) is 5.69. The number of rotatable bonds is 3. The van der Waals surface area contributed by atoms with Gasteiger partial charge in [-0.3, -0.25) is 10.1 Å². The molecule has 2 N–H and O–H groups in total. The van der Waals surface area contributed by atoms with Gasteiger partial charge in [-0.05, 0) is 55.4 Å². The van der Waals surface area contributed by atoms with Gasteiger partial charge >= 0.3 is 0 Å². The molecule has 0 aliphatic rings. The highest BCUT2D eigenvalue weighted by Gasteiger charge is 2.11. The second-order valence-electron chi connectivity index (χ2n) is 4.88. The van der Waals surface area contributed by atoms with Crippen LogP contribution in [-0.4, -0.2) is 10.0 Å². The summed E-state index contributed by atoms with van der Waals surface area (Å²) in [7, 11) is 0. The largest absolute Gasteiger partial charge is 0.332 e. The molecule has 5 nitrogen and oxygen atoms in total. The number of nitrogens with one attached hydrogen (secondary N) is 2. The molecular weight excluding hydrogens is 322 g/mol. The van der Waals surface area contributed by atoms with Crippen molar-refractivity contribution in [1.82, 2.24) is 0 Å². The molecule has 0 aromatic heterocycles. The maximum absolute atomic E-state index is 10.8. The summed E-state index contributed by atoms with van der Waals surface area (Å²) in [6.07, 6.45) is 0. The third-order valence-electron chi connectivity index (χ3n) is 2.89. The normalized spacial score (nSPS) is 10.1. The summed E-state index contributed by atoms with van der Waals surface area (Å²) >= 11 is 11.2. The average molecular weight is 336 g/mol. The van der Waals surface area contributed by atoms with Crippen LogP contribution in [0.2, 0.25) is 5.02 Å². The number of aryl methyl sites for hydroxylation is 2. The zero-order valence-electron chi connectivity index (χ0n) is 12.0. The van der Waals surface area contributed by atoms with Crippen molar-refractivity contribution in [2.24, 2.45) is 0 Å². The minimum Gasteiger partial charge on any atom is -0.332 e. The topological polar surface area (TPSA) is 67.2 Å². The average Bonchev–Trinajstić information content (AvgIpc) is 2.39. The highest BCUT2D eigenvalue weighted by molar-refractivity contribution is 7.80. The first-order valence-corrected chi connectivity index (χ1v) is 7.24. The first-order chi connectivity index (χ1) is 10.3. The molecule has 114 valence electrons. The Balaban J connectivity index is 2.15. The van der Waals surface area contributed by atoms with Crippen molar-refractivity contribution in [3.63, 3.8) is 0 Å². The van der Waals surface area contributed by atoms with E-state index in [1.807, 2.05) is 26.0 Å². The number of thiocarbonyl (C=S) groups is 1. The fourth-order valence-electron chi connectivity index (χ4n) is 2.05. The van der Waals surface area contributed by atoms with E-state index in [1.165, 1.54) is 18.2 Å². The zero-order chi connectivity index (χ0) is 16.3. The number of benzene rings is 2. The van der Waals surface area contributed by atoms with Crippen LogP contribution in [0, 0.1) is 24.0 Å². The van der Waals surface area contributed by atoms with Crippen LogP contribution in [0.4, 0.5) is 17.1 Å². The van der Waals surface area contributed by atoms with E-state index in [9.17, 15) is 10.1 Å². The quantitative estimate of drug-likeness (QED) is 0.484. The van der Waals surface area contributed by atoms with Crippen molar-refractivity contribution in [3.8, 4) is 0 Å². The first kappa shape index (κ1) is 16.2. The van der Waals surface area contributed by atoms with Crippen LogP contribution in [0.5, 0.6) is 0 Å². The number of nitrogens with zero attached hydrogens (tertiary/aromatic N) is 1. The fourth-order valence-corrected chi connectivity index (χ4v) is 2.45. The van der Waals surface area contributed by atoms with Gasteiger partial charge in [0.1, 0.15) is 0 Å². The molecule has 0 radical (unpaired) electrons. The molecule has 22 heavy (non-hydrogen) atoms. The highest BCUT2D eigenvalue weighted by atomic mass is 35.5. The molecule has 0 atom stereocenters. The lowest BCUT2D eigenvalue weighted by Crippen LogP contribution is -2.19. The third-order valence-corrected chi connectivity index (χ3v) is 3.42. The molecule has 0 spiro atoms. The monoisotopic (exact) mass is 335 g/mol. The number of anilines is 2. The molecule has 0 heterocycles. The van der Waals surface area contributed by atoms with Crippen molar-refractivity contribution in [3.05, 3.63) is 62.7 Å². The van der Waals surface area contributed by atoms with Gasteiger partial charge in [-0.2, -0.15) is 0 Å². The lowest BCUT2D eigenvalue weighted by Gasteiger charge is -2.12. The standard InChI is InChI=1S/C15H14ClN3O2S/c1-9-5-10(2)7-11(6-9)17-15(22)18-14-8-12(19(20)21)3-4-13(14)16/h3-8H,1-2H3,(H2,17,18,22). The van der Waals surface area contributed by atoms with Gasteiger partial charge in [0.25, 0.3) is 5.69 Å².